The lowest BCUT2D eigenvalue weighted by Crippen LogP contribution is -2.70. The first-order valence-corrected chi connectivity index (χ1v) is 10.4. The predicted octanol–water partition coefficient (Wildman–Crippen LogP) is -0.427. The van der Waals surface area contributed by atoms with Crippen LogP contribution in [0.1, 0.15) is 36.8 Å². The zero-order valence-corrected chi connectivity index (χ0v) is 16.0. The van der Waals surface area contributed by atoms with Crippen molar-refractivity contribution in [2.75, 3.05) is 6.54 Å². The summed E-state index contributed by atoms with van der Waals surface area (Å²) >= 11 is 0. The van der Waals surface area contributed by atoms with E-state index in [0.29, 0.717) is 18.0 Å². The molecule has 1 aliphatic carbocycles. The van der Waals surface area contributed by atoms with Gasteiger partial charge in [-0.05, 0) is 25.3 Å². The molecule has 0 radical (unpaired) electrons. The second-order valence-electron chi connectivity index (χ2n) is 8.37. The summed E-state index contributed by atoms with van der Waals surface area (Å²) in [5.74, 6) is 0.426. The van der Waals surface area contributed by atoms with Crippen LogP contribution in [-0.4, -0.2) is 42.3 Å². The van der Waals surface area contributed by atoms with Crippen LogP contribution in [0.4, 0.5) is 0 Å². The molecule has 0 amide bonds. The third-order valence-electron chi connectivity index (χ3n) is 6.55. The monoisotopic (exact) mass is 372 g/mol. The van der Waals surface area contributed by atoms with E-state index in [0.717, 1.165) is 13.1 Å². The van der Waals surface area contributed by atoms with Crippen molar-refractivity contribution in [2.24, 2.45) is 5.92 Å². The molecule has 4 aliphatic rings. The zero-order valence-electron chi connectivity index (χ0n) is 16.0. The first-order valence-electron chi connectivity index (χ1n) is 10.4. The Labute approximate surface area is 161 Å². The van der Waals surface area contributed by atoms with Gasteiger partial charge in [0.05, 0.1) is 12.3 Å². The number of benzene rings is 1. The van der Waals surface area contributed by atoms with E-state index in [9.17, 15) is 0 Å². The third kappa shape index (κ3) is 3.64. The van der Waals surface area contributed by atoms with Crippen molar-refractivity contribution in [3.05, 3.63) is 35.4 Å². The summed E-state index contributed by atoms with van der Waals surface area (Å²) in [7, 11) is 0. The van der Waals surface area contributed by atoms with E-state index in [1.54, 1.807) is 0 Å². The lowest BCUT2D eigenvalue weighted by atomic mass is 9.90. The Morgan fingerprint density at radius 2 is 1.96 bits per heavy atom. The molecule has 4 fully saturated rings. The second kappa shape index (κ2) is 7.73. The molecule has 0 aromatic heterocycles. The van der Waals surface area contributed by atoms with Gasteiger partial charge in [-0.3, -0.25) is 21.3 Å². The topological polar surface area (TPSA) is 87.5 Å². The van der Waals surface area contributed by atoms with E-state index < -0.39 is 0 Å². The maximum absolute atomic E-state index is 3.94. The summed E-state index contributed by atoms with van der Waals surface area (Å²) in [6.45, 7) is 3.93. The highest BCUT2D eigenvalue weighted by molar-refractivity contribution is 5.21. The van der Waals surface area contributed by atoms with Crippen LogP contribution >= 0.6 is 0 Å². The standard InChI is InChI=1S/C19H32N8/c1-12-6-8-13(9-7-12)10-20-19-21-11-14-17(23-19)22-15-4-2-3-5-16(15)27-18(14)24-25-26-27/h6-9,14-26H,2-5,10-11H2,1H3. The largest absolute Gasteiger partial charge is 0.297 e. The van der Waals surface area contributed by atoms with Crippen LogP contribution in [0.2, 0.25) is 0 Å². The Morgan fingerprint density at radius 1 is 1.11 bits per heavy atom. The number of fused-ring (bicyclic) bond motifs is 5. The van der Waals surface area contributed by atoms with Crippen molar-refractivity contribution in [1.29, 1.82) is 0 Å². The van der Waals surface area contributed by atoms with Gasteiger partial charge in [0.25, 0.3) is 0 Å². The molecule has 1 saturated carbocycles. The minimum Gasteiger partial charge on any atom is -0.297 e. The van der Waals surface area contributed by atoms with Crippen LogP contribution in [0.25, 0.3) is 0 Å². The van der Waals surface area contributed by atoms with Gasteiger partial charge in [-0.2, -0.15) is 11.1 Å². The van der Waals surface area contributed by atoms with E-state index in [2.05, 4.69) is 74.0 Å². The number of hydrogen-bond donors (Lipinski definition) is 7. The average Bonchev–Trinajstić information content (AvgIpc) is 3.13. The minimum atomic E-state index is 0.107. The normalized spacial score (nSPS) is 39.3. The number of aryl methyl sites for hydroxylation is 1. The fourth-order valence-corrected chi connectivity index (χ4v) is 5.04. The maximum atomic E-state index is 3.94. The molecule has 0 bridgehead atoms. The van der Waals surface area contributed by atoms with E-state index in [1.807, 2.05) is 0 Å². The molecule has 3 heterocycles. The lowest BCUT2D eigenvalue weighted by molar-refractivity contribution is 0.0501. The van der Waals surface area contributed by atoms with Crippen molar-refractivity contribution in [3.8, 4) is 0 Å². The minimum absolute atomic E-state index is 0.107. The molecule has 148 valence electrons. The molecule has 3 aliphatic heterocycles. The molecule has 8 heteroatoms. The number of hydrazine groups is 3. The van der Waals surface area contributed by atoms with Crippen molar-refractivity contribution in [3.63, 3.8) is 0 Å². The van der Waals surface area contributed by atoms with Gasteiger partial charge in [0.2, 0.25) is 0 Å². The van der Waals surface area contributed by atoms with Gasteiger partial charge in [0, 0.05) is 31.1 Å². The Hall–Kier alpha value is -1.10. The number of nitrogens with zero attached hydrogens (tertiary/aromatic N) is 1. The molecule has 6 unspecified atom stereocenters. The number of nitrogens with one attached hydrogen (secondary N) is 7. The summed E-state index contributed by atoms with van der Waals surface area (Å²) in [6, 6.07) is 9.78. The molecule has 1 aromatic carbocycles. The SMILES string of the molecule is Cc1ccc(CNC2NCC3C(N2)NC2CCCCC2N2NNNC32)cc1. The van der Waals surface area contributed by atoms with Crippen LogP contribution in [0.3, 0.4) is 0 Å². The maximum Gasteiger partial charge on any atom is 0.113 e. The van der Waals surface area contributed by atoms with E-state index >= 15 is 0 Å². The van der Waals surface area contributed by atoms with E-state index in [4.69, 9.17) is 0 Å². The smallest absolute Gasteiger partial charge is 0.113 e. The molecule has 5 rings (SSSR count). The van der Waals surface area contributed by atoms with Gasteiger partial charge >= 0.3 is 0 Å². The van der Waals surface area contributed by atoms with Gasteiger partial charge in [0.1, 0.15) is 6.29 Å². The van der Waals surface area contributed by atoms with E-state index in [-0.39, 0.29) is 18.6 Å². The zero-order chi connectivity index (χ0) is 18.2. The van der Waals surface area contributed by atoms with Crippen molar-refractivity contribution in [2.45, 2.75) is 69.9 Å². The highest BCUT2D eigenvalue weighted by Crippen LogP contribution is 2.30. The first-order chi connectivity index (χ1) is 13.3. The number of rotatable bonds is 3. The highest BCUT2D eigenvalue weighted by atomic mass is 15.9. The second-order valence-corrected chi connectivity index (χ2v) is 8.37. The predicted molar refractivity (Wildman–Crippen MR) is 104 cm³/mol. The fraction of sp³-hybridized carbons (Fsp3) is 0.684. The van der Waals surface area contributed by atoms with Crippen LogP contribution < -0.4 is 37.8 Å². The van der Waals surface area contributed by atoms with Gasteiger partial charge in [0.15, 0.2) is 0 Å². The third-order valence-corrected chi connectivity index (χ3v) is 6.55. The van der Waals surface area contributed by atoms with Crippen molar-refractivity contribution < 1.29 is 0 Å². The van der Waals surface area contributed by atoms with Crippen LogP contribution in [0.15, 0.2) is 24.3 Å². The summed E-state index contributed by atoms with van der Waals surface area (Å²) in [5.41, 5.74) is 12.5. The lowest BCUT2D eigenvalue weighted by Gasteiger charge is -2.41. The molecule has 8 nitrogen and oxygen atoms in total. The summed E-state index contributed by atoms with van der Waals surface area (Å²) in [6.07, 6.45) is 5.77. The summed E-state index contributed by atoms with van der Waals surface area (Å²) < 4.78 is 0. The highest BCUT2D eigenvalue weighted by Gasteiger charge is 2.48. The quantitative estimate of drug-likeness (QED) is 0.385. The van der Waals surface area contributed by atoms with Gasteiger partial charge in [-0.25, -0.2) is 10.4 Å². The Morgan fingerprint density at radius 3 is 2.85 bits per heavy atom. The summed E-state index contributed by atoms with van der Waals surface area (Å²) in [4.78, 5) is 0. The fourth-order valence-electron chi connectivity index (χ4n) is 5.04. The van der Waals surface area contributed by atoms with Gasteiger partial charge in [-0.1, -0.05) is 42.7 Å². The van der Waals surface area contributed by atoms with E-state index in [1.165, 1.54) is 36.8 Å². The van der Waals surface area contributed by atoms with Crippen LogP contribution in [0, 0.1) is 12.8 Å². The van der Waals surface area contributed by atoms with Crippen molar-refractivity contribution >= 4 is 0 Å². The first kappa shape index (κ1) is 18.0. The molecule has 7 N–H and O–H groups in total. The van der Waals surface area contributed by atoms with Gasteiger partial charge < -0.3 is 0 Å². The molecular formula is C19H32N8. The molecule has 27 heavy (non-hydrogen) atoms. The van der Waals surface area contributed by atoms with Crippen molar-refractivity contribution in [1.82, 2.24) is 42.8 Å². The average molecular weight is 373 g/mol. The molecular weight excluding hydrogens is 340 g/mol. The Bertz CT molecular complexity index is 637. The van der Waals surface area contributed by atoms with Crippen LogP contribution in [-0.2, 0) is 6.54 Å². The summed E-state index contributed by atoms with van der Waals surface area (Å²) in [5, 5.41) is 17.4. The Balaban J connectivity index is 1.26. The number of hydrogen-bond acceptors (Lipinski definition) is 8. The van der Waals surface area contributed by atoms with Crippen LogP contribution in [0.5, 0.6) is 0 Å². The molecule has 0 spiro atoms. The molecule has 6 atom stereocenters. The van der Waals surface area contributed by atoms with Gasteiger partial charge in [-0.15, -0.1) is 0 Å². The molecule has 3 saturated heterocycles. The Kier molecular flexibility index (Phi) is 5.14. The molecule has 1 aromatic rings.